The Morgan fingerprint density at radius 1 is 1.11 bits per heavy atom. The second kappa shape index (κ2) is 7.91. The lowest BCUT2D eigenvalue weighted by atomic mass is 9.51. The third-order valence-corrected chi connectivity index (χ3v) is 7.69. The number of carbonyl (C=O) groups excluding carboxylic acids is 3. The van der Waals surface area contributed by atoms with Gasteiger partial charge in [-0.25, -0.2) is 0 Å². The maximum Gasteiger partial charge on any atom is 0.202 e. The summed E-state index contributed by atoms with van der Waals surface area (Å²) >= 11 is 0. The maximum absolute atomic E-state index is 14.0. The van der Waals surface area contributed by atoms with Crippen LogP contribution in [0.4, 0.5) is 5.69 Å². The van der Waals surface area contributed by atoms with Gasteiger partial charge >= 0.3 is 0 Å². The lowest BCUT2D eigenvalue weighted by molar-refractivity contribution is -0.158. The molecule has 0 unspecified atom stereocenters. The van der Waals surface area contributed by atoms with Crippen LogP contribution in [-0.4, -0.2) is 94.2 Å². The molecule has 4 atom stereocenters. The van der Waals surface area contributed by atoms with Crippen molar-refractivity contribution in [1.29, 1.82) is 0 Å². The normalized spacial score (nSPS) is 30.3. The number of fused-ring (bicyclic) bond motifs is 3. The Hall–Kier alpha value is -3.21. The van der Waals surface area contributed by atoms with Crippen LogP contribution in [0.3, 0.4) is 0 Å². The van der Waals surface area contributed by atoms with Gasteiger partial charge in [0.15, 0.2) is 17.2 Å². The molecule has 10 nitrogen and oxygen atoms in total. The first-order valence-corrected chi connectivity index (χ1v) is 11.2. The third kappa shape index (κ3) is 3.10. The van der Waals surface area contributed by atoms with E-state index in [1.54, 1.807) is 39.2 Å². The molecule has 1 saturated carbocycles. The highest BCUT2D eigenvalue weighted by atomic mass is 16.3. The number of aromatic hydroxyl groups is 1. The first-order chi connectivity index (χ1) is 16.2. The number of benzene rings is 1. The number of Topliss-reactive ketones (excluding diaryl/α,β-unsaturated/α-hetero) is 3. The van der Waals surface area contributed by atoms with Gasteiger partial charge in [-0.15, -0.1) is 0 Å². The summed E-state index contributed by atoms with van der Waals surface area (Å²) in [5.41, 5.74) is -3.96. The van der Waals surface area contributed by atoms with Crippen LogP contribution >= 0.6 is 0 Å². The summed E-state index contributed by atoms with van der Waals surface area (Å²) in [5.74, 6) is -5.82. The number of phenolic OH excluding ortho intramolecular Hbond substituents is 1. The summed E-state index contributed by atoms with van der Waals surface area (Å²) < 4.78 is 0. The van der Waals surface area contributed by atoms with Gasteiger partial charge in [0, 0.05) is 31.1 Å². The molecule has 5 N–H and O–H groups in total. The molecule has 0 radical (unpaired) electrons. The molecule has 0 saturated heterocycles. The minimum Gasteiger partial charge on any atom is -0.508 e. The van der Waals surface area contributed by atoms with Gasteiger partial charge in [-0.1, -0.05) is 0 Å². The zero-order valence-electron chi connectivity index (χ0n) is 20.3. The number of hydrogen-bond acceptors (Lipinski definition) is 10. The SMILES string of the molecule is CC(=O)C1=C(O)[C@@]2(O)C(=O)C3=C(O)c4c(O)ccc(N(C)C)c4C[C@@]3(CO)C[C@H]2[C@H](N(C)C)C1=O. The van der Waals surface area contributed by atoms with Crippen molar-refractivity contribution >= 4 is 28.8 Å². The molecule has 4 rings (SSSR count). The van der Waals surface area contributed by atoms with Crippen LogP contribution in [0.5, 0.6) is 5.75 Å². The number of anilines is 1. The predicted molar refractivity (Wildman–Crippen MR) is 126 cm³/mol. The monoisotopic (exact) mass is 486 g/mol. The van der Waals surface area contributed by atoms with E-state index in [1.165, 1.54) is 11.0 Å². The van der Waals surface area contributed by atoms with Crippen LogP contribution in [0.15, 0.2) is 29.0 Å². The van der Waals surface area contributed by atoms with E-state index in [1.807, 2.05) is 0 Å². The molecule has 0 aliphatic heterocycles. The third-order valence-electron chi connectivity index (χ3n) is 7.69. The van der Waals surface area contributed by atoms with Crippen LogP contribution in [-0.2, 0) is 20.8 Å². The fourth-order valence-corrected chi connectivity index (χ4v) is 6.14. The summed E-state index contributed by atoms with van der Waals surface area (Å²) in [5, 5.41) is 55.2. The highest BCUT2D eigenvalue weighted by Crippen LogP contribution is 2.58. The number of carbonyl (C=O) groups is 3. The Bertz CT molecular complexity index is 1230. The molecular weight excluding hydrogens is 456 g/mol. The average Bonchev–Trinajstić information content (AvgIpc) is 2.75. The van der Waals surface area contributed by atoms with E-state index < -0.39 is 64.0 Å². The van der Waals surface area contributed by atoms with Crippen LogP contribution in [0.1, 0.15) is 24.5 Å². The van der Waals surface area contributed by atoms with Gasteiger partial charge in [-0.2, -0.15) is 0 Å². The lowest BCUT2D eigenvalue weighted by Gasteiger charge is -2.54. The summed E-state index contributed by atoms with van der Waals surface area (Å²) in [6.45, 7) is 0.449. The molecule has 1 aromatic carbocycles. The zero-order chi connectivity index (χ0) is 26.2. The Labute approximate surface area is 202 Å². The number of rotatable bonds is 4. The number of ketones is 3. The molecule has 1 fully saturated rings. The van der Waals surface area contributed by atoms with Gasteiger partial charge in [-0.05, 0) is 51.6 Å². The minimum atomic E-state index is -2.68. The van der Waals surface area contributed by atoms with Crippen LogP contribution in [0.25, 0.3) is 5.76 Å². The predicted octanol–water partition coefficient (Wildman–Crippen LogP) is 0.496. The van der Waals surface area contributed by atoms with Gasteiger partial charge in [0.2, 0.25) is 5.78 Å². The standard InChI is InChI=1S/C25H30N2O8/c1-11(29)16-21(32)19(27(4)5)13-9-24(10-28)8-12-14(26(2)3)6-7-15(30)17(12)20(31)18(24)23(34)25(13,35)22(16)33/h6-7,13,19,28,30-31,33,35H,8-10H2,1-5H3/t13-,19-,24-,25+/m0/s1. The highest BCUT2D eigenvalue weighted by molar-refractivity contribution is 6.25. The Balaban J connectivity index is 2.08. The zero-order valence-corrected chi connectivity index (χ0v) is 20.3. The van der Waals surface area contributed by atoms with Gasteiger partial charge < -0.3 is 30.4 Å². The van der Waals surface area contributed by atoms with E-state index in [0.717, 1.165) is 6.92 Å². The second-order valence-corrected chi connectivity index (χ2v) is 10.1. The summed E-state index contributed by atoms with van der Waals surface area (Å²) in [7, 11) is 6.65. The molecule has 1 aromatic rings. The molecular formula is C25H30N2O8. The van der Waals surface area contributed by atoms with Crippen molar-refractivity contribution in [3.63, 3.8) is 0 Å². The molecule has 0 aromatic heterocycles. The van der Waals surface area contributed by atoms with Crippen LogP contribution < -0.4 is 4.90 Å². The van der Waals surface area contributed by atoms with Gasteiger partial charge in [0.1, 0.15) is 22.8 Å². The molecule has 0 spiro atoms. The van der Waals surface area contributed by atoms with Crippen molar-refractivity contribution in [2.24, 2.45) is 11.3 Å². The largest absolute Gasteiger partial charge is 0.508 e. The number of phenols is 1. The van der Waals surface area contributed by atoms with Crippen molar-refractivity contribution in [2.45, 2.75) is 31.4 Å². The molecule has 0 amide bonds. The van der Waals surface area contributed by atoms with E-state index in [4.69, 9.17) is 0 Å². The number of hydrogen-bond donors (Lipinski definition) is 5. The van der Waals surface area contributed by atoms with E-state index in [-0.39, 0.29) is 29.7 Å². The number of nitrogens with zero attached hydrogens (tertiary/aromatic N) is 2. The van der Waals surface area contributed by atoms with Crippen LogP contribution in [0.2, 0.25) is 0 Å². The fraction of sp³-hybridized carbons (Fsp3) is 0.480. The van der Waals surface area contributed by atoms with Crippen molar-refractivity contribution in [3.8, 4) is 5.75 Å². The average molecular weight is 487 g/mol. The molecule has 0 heterocycles. The maximum atomic E-state index is 14.0. The Kier molecular flexibility index (Phi) is 5.62. The van der Waals surface area contributed by atoms with Crippen molar-refractivity contribution in [2.75, 3.05) is 39.7 Å². The number of aliphatic hydroxyl groups is 4. The Morgan fingerprint density at radius 3 is 2.26 bits per heavy atom. The van der Waals surface area contributed by atoms with Gasteiger partial charge in [-0.3, -0.25) is 19.3 Å². The molecule has 10 heteroatoms. The second-order valence-electron chi connectivity index (χ2n) is 10.1. The lowest BCUT2D eigenvalue weighted by Crippen LogP contribution is -2.67. The molecule has 3 aliphatic rings. The summed E-state index contributed by atoms with van der Waals surface area (Å²) in [4.78, 5) is 42.7. The number of likely N-dealkylation sites (N-methyl/N-ethyl adjacent to an activating group) is 1. The number of aliphatic hydroxyl groups excluding tert-OH is 3. The van der Waals surface area contributed by atoms with Crippen LogP contribution in [0, 0.1) is 11.3 Å². The van der Waals surface area contributed by atoms with E-state index in [2.05, 4.69) is 0 Å². The molecule has 3 aliphatic carbocycles. The topological polar surface area (TPSA) is 159 Å². The first-order valence-electron chi connectivity index (χ1n) is 11.2. The van der Waals surface area contributed by atoms with Crippen molar-refractivity contribution < 1.29 is 39.9 Å². The summed E-state index contributed by atoms with van der Waals surface area (Å²) in [6, 6.07) is 1.87. The van der Waals surface area contributed by atoms with Gasteiger partial charge in [0.25, 0.3) is 0 Å². The highest BCUT2D eigenvalue weighted by Gasteiger charge is 2.67. The minimum absolute atomic E-state index is 0.00280. The first kappa shape index (κ1) is 24.9. The Morgan fingerprint density at radius 2 is 1.74 bits per heavy atom. The van der Waals surface area contributed by atoms with Crippen molar-refractivity contribution in [3.05, 3.63) is 40.2 Å². The quantitative estimate of drug-likeness (QED) is 0.379. The smallest absolute Gasteiger partial charge is 0.202 e. The molecule has 188 valence electrons. The van der Waals surface area contributed by atoms with Crippen molar-refractivity contribution in [1.82, 2.24) is 4.90 Å². The van der Waals surface area contributed by atoms with Gasteiger partial charge in [0.05, 0.1) is 23.8 Å². The summed E-state index contributed by atoms with van der Waals surface area (Å²) in [6.07, 6.45) is -0.131. The van der Waals surface area contributed by atoms with E-state index in [9.17, 15) is 39.9 Å². The van der Waals surface area contributed by atoms with E-state index >= 15 is 0 Å². The van der Waals surface area contributed by atoms with E-state index in [0.29, 0.717) is 11.3 Å². The fourth-order valence-electron chi connectivity index (χ4n) is 6.14. The molecule has 35 heavy (non-hydrogen) atoms. The molecule has 0 bridgehead atoms.